The van der Waals surface area contributed by atoms with Gasteiger partial charge >= 0.3 is 23.9 Å². The molecule has 2 aromatic heterocycles. The quantitative estimate of drug-likeness (QED) is 0.397. The average molecular weight is 575 g/mol. The third-order valence-electron chi connectivity index (χ3n) is 8.95. The van der Waals surface area contributed by atoms with Crippen LogP contribution in [-0.2, 0) is 33.3 Å². The summed E-state index contributed by atoms with van der Waals surface area (Å²) in [6, 6.07) is 2.84. The molecule has 12 heteroatoms. The lowest BCUT2D eigenvalue weighted by molar-refractivity contribution is -0.335. The van der Waals surface area contributed by atoms with E-state index < -0.39 is 76.4 Å². The molecule has 0 unspecified atom stereocenters. The van der Waals surface area contributed by atoms with Gasteiger partial charge in [0, 0.05) is 13.8 Å². The van der Waals surface area contributed by atoms with Crippen molar-refractivity contribution in [2.45, 2.75) is 95.6 Å². The van der Waals surface area contributed by atoms with E-state index in [4.69, 9.17) is 32.5 Å². The molecule has 3 aliphatic rings. The Morgan fingerprint density at radius 2 is 1.37 bits per heavy atom. The molecule has 1 aliphatic heterocycles. The topological polar surface area (TPSA) is 161 Å². The predicted octanol–water partition coefficient (Wildman–Crippen LogP) is 3.22. The van der Waals surface area contributed by atoms with E-state index in [-0.39, 0.29) is 24.0 Å². The van der Waals surface area contributed by atoms with Gasteiger partial charge in [-0.3, -0.25) is 9.59 Å². The normalized spacial score (nSPS) is 37.0. The highest BCUT2D eigenvalue weighted by Gasteiger charge is 2.85. The van der Waals surface area contributed by atoms with Crippen LogP contribution in [0.2, 0.25) is 0 Å². The number of ether oxygens (including phenoxy) is 5. The van der Waals surface area contributed by atoms with Crippen molar-refractivity contribution in [2.24, 2.45) is 11.3 Å². The van der Waals surface area contributed by atoms with Crippen molar-refractivity contribution in [1.82, 2.24) is 0 Å². The third-order valence-corrected chi connectivity index (χ3v) is 8.95. The van der Waals surface area contributed by atoms with Crippen LogP contribution in [0.1, 0.15) is 75.1 Å². The van der Waals surface area contributed by atoms with Crippen molar-refractivity contribution in [3.63, 3.8) is 0 Å². The molecule has 8 atom stereocenters. The minimum atomic E-state index is -1.80. The standard InChI is InChI=1S/C29H34O12/c1-15(30)37-19-7-10-27(5,34)29-22(39-24(32)17-8-11-35-13-17)20(26(3,4)41-29)21(38-16(2)31)23(28(19,29)6)40-25(33)18-9-12-36-14-18/h8-9,11-14,19-23,34H,7,10H2,1-6H3/t19-,20+,21+,22+,23-,27-,28-,29-/m0/s1. The summed E-state index contributed by atoms with van der Waals surface area (Å²) in [4.78, 5) is 51.7. The first-order chi connectivity index (χ1) is 19.2. The molecule has 12 nitrogen and oxygen atoms in total. The maximum atomic E-state index is 13.4. The molecule has 0 amide bonds. The first kappa shape index (κ1) is 28.9. The van der Waals surface area contributed by atoms with Crippen LogP contribution in [0.3, 0.4) is 0 Å². The van der Waals surface area contributed by atoms with Gasteiger partial charge in [0.15, 0.2) is 6.10 Å². The average Bonchev–Trinajstić information content (AvgIpc) is 3.62. The van der Waals surface area contributed by atoms with E-state index in [1.807, 2.05) is 0 Å². The van der Waals surface area contributed by atoms with Gasteiger partial charge in [-0.15, -0.1) is 0 Å². The monoisotopic (exact) mass is 574 g/mol. The van der Waals surface area contributed by atoms with E-state index in [2.05, 4.69) is 0 Å². The fraction of sp³-hybridized carbons (Fsp3) is 0.586. The minimum absolute atomic E-state index is 0.0870. The Bertz CT molecular complexity index is 1330. The fourth-order valence-electron chi connectivity index (χ4n) is 7.38. The number of fused-ring (bicyclic) bond motifs is 1. The van der Waals surface area contributed by atoms with Gasteiger partial charge < -0.3 is 37.6 Å². The van der Waals surface area contributed by atoms with Crippen molar-refractivity contribution >= 4 is 23.9 Å². The Morgan fingerprint density at radius 3 is 1.85 bits per heavy atom. The molecule has 2 aromatic rings. The Morgan fingerprint density at radius 1 is 0.829 bits per heavy atom. The van der Waals surface area contributed by atoms with E-state index in [1.165, 1.54) is 51.0 Å². The molecule has 222 valence electrons. The zero-order valence-electron chi connectivity index (χ0n) is 23.7. The smallest absolute Gasteiger partial charge is 0.341 e. The van der Waals surface area contributed by atoms with Crippen molar-refractivity contribution in [3.05, 3.63) is 48.3 Å². The lowest BCUT2D eigenvalue weighted by Gasteiger charge is -2.65. The van der Waals surface area contributed by atoms with Gasteiger partial charge in [-0.25, -0.2) is 9.59 Å². The van der Waals surface area contributed by atoms with Crippen molar-refractivity contribution in [1.29, 1.82) is 0 Å². The molecule has 1 saturated heterocycles. The number of furan rings is 2. The first-order valence-electron chi connectivity index (χ1n) is 13.4. The molecule has 3 fully saturated rings. The Hall–Kier alpha value is -3.64. The number of carbonyl (C=O) groups is 4. The summed E-state index contributed by atoms with van der Waals surface area (Å²) in [6.45, 7) is 9.05. The van der Waals surface area contributed by atoms with E-state index in [9.17, 15) is 24.3 Å². The molecule has 1 spiro atoms. The lowest BCUT2D eigenvalue weighted by atomic mass is 9.47. The summed E-state index contributed by atoms with van der Waals surface area (Å²) in [5.74, 6) is -3.80. The van der Waals surface area contributed by atoms with Gasteiger partial charge in [0.25, 0.3) is 0 Å². The number of aliphatic hydroxyl groups is 1. The number of rotatable bonds is 6. The highest BCUT2D eigenvalue weighted by molar-refractivity contribution is 5.90. The van der Waals surface area contributed by atoms with Crippen LogP contribution in [0.25, 0.3) is 0 Å². The zero-order chi connectivity index (χ0) is 30.0. The maximum absolute atomic E-state index is 13.4. The summed E-state index contributed by atoms with van der Waals surface area (Å²) in [5.41, 5.74) is -6.11. The molecule has 2 saturated carbocycles. The van der Waals surface area contributed by atoms with Crippen LogP contribution in [0, 0.1) is 11.3 Å². The molecular formula is C29H34O12. The third kappa shape index (κ3) is 4.26. The second kappa shape index (κ2) is 9.73. The van der Waals surface area contributed by atoms with E-state index in [0.717, 1.165) is 0 Å². The molecule has 3 heterocycles. The number of hydrogen-bond acceptors (Lipinski definition) is 12. The van der Waals surface area contributed by atoms with Crippen LogP contribution in [0.5, 0.6) is 0 Å². The van der Waals surface area contributed by atoms with Gasteiger partial charge in [0.1, 0.15) is 36.4 Å². The molecular weight excluding hydrogens is 540 g/mol. The zero-order valence-corrected chi connectivity index (χ0v) is 23.7. The van der Waals surface area contributed by atoms with Crippen LogP contribution in [0.15, 0.2) is 46.0 Å². The van der Waals surface area contributed by atoms with Gasteiger partial charge in [-0.1, -0.05) is 0 Å². The Labute approximate surface area is 236 Å². The van der Waals surface area contributed by atoms with Crippen molar-refractivity contribution in [3.8, 4) is 0 Å². The fourth-order valence-corrected chi connectivity index (χ4v) is 7.38. The highest BCUT2D eigenvalue weighted by atomic mass is 16.6. The summed E-state index contributed by atoms with van der Waals surface area (Å²) < 4.78 is 40.8. The van der Waals surface area contributed by atoms with E-state index >= 15 is 0 Å². The molecule has 2 aliphatic carbocycles. The minimum Gasteiger partial charge on any atom is -0.472 e. The van der Waals surface area contributed by atoms with Crippen LogP contribution in [0.4, 0.5) is 0 Å². The van der Waals surface area contributed by atoms with E-state index in [0.29, 0.717) is 0 Å². The van der Waals surface area contributed by atoms with Crippen LogP contribution >= 0.6 is 0 Å². The summed E-state index contributed by atoms with van der Waals surface area (Å²) in [5, 5.41) is 12.2. The second-order valence-corrected chi connectivity index (χ2v) is 11.9. The largest absolute Gasteiger partial charge is 0.472 e. The summed E-state index contributed by atoms with van der Waals surface area (Å²) in [7, 11) is 0. The Kier molecular flexibility index (Phi) is 6.85. The van der Waals surface area contributed by atoms with E-state index in [1.54, 1.807) is 27.7 Å². The molecule has 41 heavy (non-hydrogen) atoms. The van der Waals surface area contributed by atoms with Gasteiger partial charge in [0.05, 0.1) is 46.2 Å². The maximum Gasteiger partial charge on any atom is 0.341 e. The molecule has 1 N–H and O–H groups in total. The van der Waals surface area contributed by atoms with Gasteiger partial charge in [-0.05, 0) is 52.7 Å². The van der Waals surface area contributed by atoms with Crippen molar-refractivity contribution < 1.29 is 56.8 Å². The SMILES string of the molecule is CC(=O)O[C@@H]1[C@@H]2[C@@H](OC(=O)c3ccoc3)[C@@]3(OC2(C)C)[C@@](C)([C@@H](OC(C)=O)CC[C@]3(C)O)[C@H]1OC(=O)c1ccoc1. The van der Waals surface area contributed by atoms with Crippen molar-refractivity contribution in [2.75, 3.05) is 0 Å². The number of esters is 4. The molecule has 5 rings (SSSR count). The van der Waals surface area contributed by atoms with Gasteiger partial charge in [0.2, 0.25) is 0 Å². The highest BCUT2D eigenvalue weighted by Crippen LogP contribution is 2.69. The predicted molar refractivity (Wildman–Crippen MR) is 136 cm³/mol. The summed E-state index contributed by atoms with van der Waals surface area (Å²) >= 11 is 0. The molecule has 2 bridgehead atoms. The van der Waals surface area contributed by atoms with Gasteiger partial charge in [-0.2, -0.15) is 0 Å². The molecule has 0 radical (unpaired) electrons. The van der Waals surface area contributed by atoms with Crippen LogP contribution in [-0.4, -0.2) is 70.2 Å². The number of hydrogen-bond donors (Lipinski definition) is 1. The first-order valence-corrected chi connectivity index (χ1v) is 13.4. The Balaban J connectivity index is 1.75. The van der Waals surface area contributed by atoms with Crippen LogP contribution < -0.4 is 0 Å². The lowest BCUT2D eigenvalue weighted by Crippen LogP contribution is -2.81. The molecule has 0 aromatic carbocycles. The number of carbonyl (C=O) groups excluding carboxylic acids is 4. The summed E-state index contributed by atoms with van der Waals surface area (Å²) in [6.07, 6.45) is 0.460. The second-order valence-electron chi connectivity index (χ2n) is 11.9.